The maximum atomic E-state index is 11.9. The number of carbonyl (C=O) groups excluding carboxylic acids is 2. The molecule has 0 saturated heterocycles. The van der Waals surface area contributed by atoms with Crippen LogP contribution in [0.15, 0.2) is 47.1 Å². The van der Waals surface area contributed by atoms with Crippen LogP contribution < -0.4 is 10.6 Å². The summed E-state index contributed by atoms with van der Waals surface area (Å²) in [6.07, 6.45) is 1.95. The van der Waals surface area contributed by atoms with Crippen molar-refractivity contribution in [2.45, 2.75) is 19.4 Å². The Bertz CT molecular complexity index is 712. The summed E-state index contributed by atoms with van der Waals surface area (Å²) < 4.78 is 5.16. The summed E-state index contributed by atoms with van der Waals surface area (Å²) in [5.74, 6) is -1.16. The highest BCUT2D eigenvalue weighted by atomic mass is 16.6. The Labute approximate surface area is 131 Å². The van der Waals surface area contributed by atoms with Gasteiger partial charge in [-0.15, -0.1) is 0 Å². The van der Waals surface area contributed by atoms with E-state index in [0.29, 0.717) is 12.2 Å². The van der Waals surface area contributed by atoms with Gasteiger partial charge in [0.25, 0.3) is 5.69 Å². The molecule has 23 heavy (non-hydrogen) atoms. The highest BCUT2D eigenvalue weighted by Crippen LogP contribution is 2.22. The number of hydrogen-bond donors (Lipinski definition) is 2. The Kier molecular flexibility index (Phi) is 5.08. The lowest BCUT2D eigenvalue weighted by molar-refractivity contribution is -0.383. The predicted octanol–water partition coefficient (Wildman–Crippen LogP) is 1.87. The molecular formula is C15H15N3O5. The van der Waals surface area contributed by atoms with Gasteiger partial charge in [0.1, 0.15) is 11.4 Å². The van der Waals surface area contributed by atoms with E-state index in [1.807, 2.05) is 0 Å². The zero-order chi connectivity index (χ0) is 16.8. The van der Waals surface area contributed by atoms with E-state index in [-0.39, 0.29) is 17.4 Å². The van der Waals surface area contributed by atoms with Crippen LogP contribution in [0.3, 0.4) is 0 Å². The van der Waals surface area contributed by atoms with Gasteiger partial charge in [-0.1, -0.05) is 12.1 Å². The molecule has 1 unspecified atom stereocenters. The van der Waals surface area contributed by atoms with Crippen LogP contribution in [-0.2, 0) is 16.0 Å². The van der Waals surface area contributed by atoms with Crippen LogP contribution in [0, 0.1) is 10.1 Å². The van der Waals surface area contributed by atoms with Crippen molar-refractivity contribution in [2.24, 2.45) is 0 Å². The lowest BCUT2D eigenvalue weighted by atomic mass is 10.2. The molecule has 8 heteroatoms. The van der Waals surface area contributed by atoms with Crippen molar-refractivity contribution in [3.63, 3.8) is 0 Å². The number of para-hydroxylation sites is 2. The van der Waals surface area contributed by atoms with Crippen molar-refractivity contribution < 1.29 is 18.9 Å². The SMILES string of the molecule is CC(Cc1ccco1)NC(=O)C(=O)Nc1ccccc1[N+](=O)[O-]. The number of rotatable bonds is 5. The fourth-order valence-electron chi connectivity index (χ4n) is 1.99. The Morgan fingerprint density at radius 3 is 2.61 bits per heavy atom. The smallest absolute Gasteiger partial charge is 0.313 e. The second-order valence-electron chi connectivity index (χ2n) is 4.89. The minimum atomic E-state index is -0.967. The molecule has 2 rings (SSSR count). The summed E-state index contributed by atoms with van der Waals surface area (Å²) in [6, 6.07) is 8.76. The second-order valence-corrected chi connectivity index (χ2v) is 4.89. The molecule has 0 saturated carbocycles. The lowest BCUT2D eigenvalue weighted by Gasteiger charge is -2.12. The van der Waals surface area contributed by atoms with Crippen LogP contribution in [0.5, 0.6) is 0 Å². The number of carbonyl (C=O) groups is 2. The third-order valence-electron chi connectivity index (χ3n) is 3.02. The third-order valence-corrected chi connectivity index (χ3v) is 3.02. The number of benzene rings is 1. The fraction of sp³-hybridized carbons (Fsp3) is 0.200. The van der Waals surface area contributed by atoms with E-state index >= 15 is 0 Å². The summed E-state index contributed by atoms with van der Waals surface area (Å²) >= 11 is 0. The minimum Gasteiger partial charge on any atom is -0.469 e. The quantitative estimate of drug-likeness (QED) is 0.496. The molecule has 2 N–H and O–H groups in total. The number of furan rings is 1. The number of nitrogens with one attached hydrogen (secondary N) is 2. The van der Waals surface area contributed by atoms with Crippen molar-refractivity contribution in [1.82, 2.24) is 5.32 Å². The first-order valence-corrected chi connectivity index (χ1v) is 6.85. The number of hydrogen-bond acceptors (Lipinski definition) is 5. The standard InChI is InChI=1S/C15H15N3O5/c1-10(9-11-5-4-8-23-11)16-14(19)15(20)17-12-6-2-3-7-13(12)18(21)22/h2-8,10H,9H2,1H3,(H,16,19)(H,17,20). The number of amides is 2. The predicted molar refractivity (Wildman–Crippen MR) is 81.7 cm³/mol. The topological polar surface area (TPSA) is 114 Å². The molecule has 0 radical (unpaired) electrons. The molecule has 0 spiro atoms. The van der Waals surface area contributed by atoms with E-state index in [4.69, 9.17) is 4.42 Å². The largest absolute Gasteiger partial charge is 0.469 e. The monoisotopic (exact) mass is 317 g/mol. The van der Waals surface area contributed by atoms with Gasteiger partial charge in [0, 0.05) is 18.5 Å². The van der Waals surface area contributed by atoms with Gasteiger partial charge >= 0.3 is 11.8 Å². The van der Waals surface area contributed by atoms with E-state index in [9.17, 15) is 19.7 Å². The molecule has 2 aromatic rings. The number of anilines is 1. The van der Waals surface area contributed by atoms with Gasteiger partial charge in [-0.3, -0.25) is 19.7 Å². The molecule has 2 amide bonds. The highest BCUT2D eigenvalue weighted by Gasteiger charge is 2.21. The maximum absolute atomic E-state index is 11.9. The van der Waals surface area contributed by atoms with Crippen molar-refractivity contribution in [2.75, 3.05) is 5.32 Å². The van der Waals surface area contributed by atoms with Gasteiger partial charge in [-0.2, -0.15) is 0 Å². The van der Waals surface area contributed by atoms with Crippen LogP contribution in [0.2, 0.25) is 0 Å². The zero-order valence-electron chi connectivity index (χ0n) is 12.3. The van der Waals surface area contributed by atoms with Crippen LogP contribution in [0.1, 0.15) is 12.7 Å². The van der Waals surface area contributed by atoms with Gasteiger partial charge in [-0.05, 0) is 25.1 Å². The summed E-state index contributed by atoms with van der Waals surface area (Å²) in [7, 11) is 0. The van der Waals surface area contributed by atoms with Gasteiger partial charge in [0.2, 0.25) is 0 Å². The number of nitro benzene ring substituents is 1. The first-order chi connectivity index (χ1) is 11.0. The molecule has 120 valence electrons. The van der Waals surface area contributed by atoms with E-state index in [0.717, 1.165) is 0 Å². The molecular weight excluding hydrogens is 302 g/mol. The van der Waals surface area contributed by atoms with Crippen molar-refractivity contribution in [1.29, 1.82) is 0 Å². The summed E-state index contributed by atoms with van der Waals surface area (Å²) in [5.41, 5.74) is -0.311. The average molecular weight is 317 g/mol. The maximum Gasteiger partial charge on any atom is 0.313 e. The van der Waals surface area contributed by atoms with Crippen LogP contribution in [0.4, 0.5) is 11.4 Å². The molecule has 0 aliphatic carbocycles. The third kappa shape index (κ3) is 4.40. The molecule has 0 bridgehead atoms. The molecule has 1 heterocycles. The number of nitro groups is 1. The summed E-state index contributed by atoms with van der Waals surface area (Å²) in [5, 5.41) is 15.6. The Morgan fingerprint density at radius 1 is 1.22 bits per heavy atom. The molecule has 1 aromatic carbocycles. The Morgan fingerprint density at radius 2 is 1.96 bits per heavy atom. The molecule has 1 aromatic heterocycles. The molecule has 1 atom stereocenters. The number of nitrogens with zero attached hydrogens (tertiary/aromatic N) is 1. The second kappa shape index (κ2) is 7.21. The Hall–Kier alpha value is -3.16. The van der Waals surface area contributed by atoms with Gasteiger partial charge < -0.3 is 15.1 Å². The van der Waals surface area contributed by atoms with E-state index in [2.05, 4.69) is 10.6 Å². The van der Waals surface area contributed by atoms with Gasteiger partial charge in [0.05, 0.1) is 11.2 Å². The molecule has 0 fully saturated rings. The fourth-order valence-corrected chi connectivity index (χ4v) is 1.99. The molecule has 0 aliphatic heterocycles. The van der Waals surface area contributed by atoms with E-state index < -0.39 is 16.7 Å². The van der Waals surface area contributed by atoms with E-state index in [1.54, 1.807) is 19.1 Å². The van der Waals surface area contributed by atoms with Gasteiger partial charge in [0.15, 0.2) is 0 Å². The van der Waals surface area contributed by atoms with Crippen molar-refractivity contribution in [3.05, 3.63) is 58.5 Å². The normalized spacial score (nSPS) is 11.5. The highest BCUT2D eigenvalue weighted by molar-refractivity contribution is 6.39. The zero-order valence-corrected chi connectivity index (χ0v) is 12.3. The van der Waals surface area contributed by atoms with E-state index in [1.165, 1.54) is 30.5 Å². The molecule has 0 aliphatic rings. The first kappa shape index (κ1) is 16.2. The average Bonchev–Trinajstić information content (AvgIpc) is 3.00. The summed E-state index contributed by atoms with van der Waals surface area (Å²) in [6.45, 7) is 1.72. The van der Waals surface area contributed by atoms with Crippen LogP contribution >= 0.6 is 0 Å². The van der Waals surface area contributed by atoms with Crippen LogP contribution in [0.25, 0.3) is 0 Å². The van der Waals surface area contributed by atoms with Gasteiger partial charge in [-0.25, -0.2) is 0 Å². The summed E-state index contributed by atoms with van der Waals surface area (Å²) in [4.78, 5) is 33.9. The first-order valence-electron chi connectivity index (χ1n) is 6.85. The minimum absolute atomic E-state index is 0.0312. The van der Waals surface area contributed by atoms with Crippen molar-refractivity contribution >= 4 is 23.2 Å². The Balaban J connectivity index is 1.95. The van der Waals surface area contributed by atoms with Crippen LogP contribution in [-0.4, -0.2) is 22.8 Å². The van der Waals surface area contributed by atoms with Crippen molar-refractivity contribution in [3.8, 4) is 0 Å². The molecule has 8 nitrogen and oxygen atoms in total. The lowest BCUT2D eigenvalue weighted by Crippen LogP contribution is -2.41.